The molecule has 16 bridgehead atoms. The van der Waals surface area contributed by atoms with Crippen molar-refractivity contribution in [3.8, 4) is 66.8 Å². The summed E-state index contributed by atoms with van der Waals surface area (Å²) < 4.78 is 0. The van der Waals surface area contributed by atoms with Crippen LogP contribution in [0.5, 0.6) is 0 Å². The Morgan fingerprint density at radius 3 is 0.800 bits per heavy atom. The highest BCUT2D eigenvalue weighted by molar-refractivity contribution is 6.31. The van der Waals surface area contributed by atoms with Crippen molar-refractivity contribution in [2.75, 3.05) is 0 Å². The normalized spacial score (nSPS) is 16.2. The summed E-state index contributed by atoms with van der Waals surface area (Å²) in [4.78, 5) is 44.3. The molecule has 8 nitrogen and oxygen atoms in total. The Bertz CT molecular complexity index is 7870. The van der Waals surface area contributed by atoms with Gasteiger partial charge in [-0.2, -0.15) is 0 Å². The summed E-state index contributed by atoms with van der Waals surface area (Å²) in [6, 6.07) is 68.6. The molecular weight excluding hydrogens is 1700 g/mol. The molecule has 6 aliphatic rings. The fraction of sp³-hybridized carbons (Fsp3) is 0.394. The maximum Gasteiger partial charge on any atom is 0.0780 e. The molecule has 2 aliphatic carbocycles. The Morgan fingerprint density at radius 1 is 0.250 bits per heavy atom. The maximum atomic E-state index is 6.98. The SMILES string of the molecule is CC(C)(C)c1cc(-c2c3nc(c(-c4cc(C(C)(C)C)cc(C(C)(C)C)c4)c4cc5c6cc7[nH]c6c6c8nc(c(-c9cc(C(C)(C)C)cc(C(C)(C)C)c9)c9ccc([nH]9)c(-c9cc(C(C)(C)C)cc(C(C)(C)C)c9)c9nc(c7-c7cc(C(C)(C)C)cc(C(C)(C)C)c7)C=C9)C7Cc9ccccc9CC87C7=Cc(nc7c6c5[nH]4)c(-c4cc(C(C)(C)C)cc(C(C)(C)C)c4)c4ccc2[nH]4)C=C3)cc(C(C)(C)C)c1. The molecule has 8 aromatic carbocycles. The lowest BCUT2D eigenvalue weighted by Crippen LogP contribution is -2.40. The number of benzene rings is 8. The highest BCUT2D eigenvalue weighted by atomic mass is 14.9. The minimum absolute atomic E-state index is 0.194. The van der Waals surface area contributed by atoms with Crippen molar-refractivity contribution < 1.29 is 0 Å². The van der Waals surface area contributed by atoms with Crippen LogP contribution < -0.4 is 0 Å². The molecule has 0 saturated heterocycles. The summed E-state index contributed by atoms with van der Waals surface area (Å²) in [6.07, 6.45) is 13.2. The van der Waals surface area contributed by atoms with Gasteiger partial charge in [-0.1, -0.05) is 383 Å². The molecule has 0 saturated carbocycles. The number of aromatic amines is 4. The van der Waals surface area contributed by atoms with E-state index in [-0.39, 0.29) is 70.9 Å². The molecule has 2 unspecified atom stereocenters. The minimum Gasteiger partial charge on any atom is -0.354 e. The molecule has 6 aromatic heterocycles. The van der Waals surface area contributed by atoms with Crippen molar-refractivity contribution >= 4 is 102 Å². The van der Waals surface area contributed by atoms with Gasteiger partial charge in [0.15, 0.2) is 0 Å². The number of H-pyrrole nitrogens is 4. The Kier molecular flexibility index (Phi) is 21.5. The second kappa shape index (κ2) is 31.5. The topological polar surface area (TPSA) is 115 Å². The van der Waals surface area contributed by atoms with Crippen LogP contribution in [-0.4, -0.2) is 39.9 Å². The molecule has 10 heterocycles. The van der Waals surface area contributed by atoms with E-state index >= 15 is 0 Å². The van der Waals surface area contributed by atoms with Crippen LogP contribution in [-0.2, 0) is 83.2 Å². The van der Waals surface area contributed by atoms with Gasteiger partial charge in [-0.15, -0.1) is 0 Å². The zero-order valence-electron chi connectivity index (χ0n) is 90.8. The highest BCUT2D eigenvalue weighted by Crippen LogP contribution is 2.66. The molecule has 140 heavy (non-hydrogen) atoms. The van der Waals surface area contributed by atoms with E-state index in [9.17, 15) is 0 Å². The van der Waals surface area contributed by atoms with Gasteiger partial charge in [0.25, 0.3) is 0 Å². The molecule has 14 aromatic rings. The van der Waals surface area contributed by atoms with Gasteiger partial charge >= 0.3 is 0 Å². The predicted octanol–water partition coefficient (Wildman–Crippen LogP) is 36.0. The number of allylic oxidation sites excluding steroid dienone is 1. The zero-order valence-corrected chi connectivity index (χ0v) is 90.8. The number of nitrogens with zero attached hydrogens (tertiary/aromatic N) is 4. The van der Waals surface area contributed by atoms with E-state index in [1.54, 1.807) is 0 Å². The average Bonchev–Trinajstić information content (AvgIpc) is 1.49. The molecule has 0 radical (unpaired) electrons. The molecule has 718 valence electrons. The molecule has 1 spiro atoms. The molecule has 4 N–H and O–H groups in total. The third kappa shape index (κ3) is 16.4. The van der Waals surface area contributed by atoms with Crippen molar-refractivity contribution in [3.63, 3.8) is 0 Å². The number of hydrogen-bond acceptors (Lipinski definition) is 4. The molecular formula is C132H150N8. The number of rotatable bonds is 6. The summed E-state index contributed by atoms with van der Waals surface area (Å²) in [5.74, 6) is -0.266. The molecule has 0 fully saturated rings. The van der Waals surface area contributed by atoms with Crippen LogP contribution in [0, 0.1) is 0 Å². The van der Waals surface area contributed by atoms with Gasteiger partial charge in [0.2, 0.25) is 0 Å². The summed E-state index contributed by atoms with van der Waals surface area (Å²) in [6.45, 7) is 85.2. The second-order valence-corrected chi connectivity index (χ2v) is 54.7. The van der Waals surface area contributed by atoms with Crippen LogP contribution >= 0.6 is 0 Å². The van der Waals surface area contributed by atoms with Crippen LogP contribution in [0.3, 0.4) is 0 Å². The van der Waals surface area contributed by atoms with Crippen LogP contribution in [0.15, 0.2) is 170 Å². The predicted molar refractivity (Wildman–Crippen MR) is 603 cm³/mol. The second-order valence-electron chi connectivity index (χ2n) is 54.7. The number of hydrogen-bond donors (Lipinski definition) is 4. The lowest BCUT2D eigenvalue weighted by Gasteiger charge is -2.43. The highest BCUT2D eigenvalue weighted by Gasteiger charge is 2.58. The summed E-state index contributed by atoms with van der Waals surface area (Å²) >= 11 is 0. The number of fused-ring (bicyclic) bond motifs is 15. The smallest absolute Gasteiger partial charge is 0.0780 e. The zero-order chi connectivity index (χ0) is 101. The van der Waals surface area contributed by atoms with Crippen LogP contribution in [0.1, 0.15) is 379 Å². The van der Waals surface area contributed by atoms with Gasteiger partial charge in [0, 0.05) is 93.9 Å². The first-order valence-corrected chi connectivity index (χ1v) is 51.7. The van der Waals surface area contributed by atoms with Crippen molar-refractivity contribution in [1.82, 2.24) is 39.9 Å². The monoisotopic (exact) mass is 1850 g/mol. The molecule has 4 aliphatic heterocycles. The Balaban J connectivity index is 1.10. The van der Waals surface area contributed by atoms with E-state index in [0.717, 1.165) is 178 Å². The molecule has 0 amide bonds. The Morgan fingerprint density at radius 2 is 0.507 bits per heavy atom. The van der Waals surface area contributed by atoms with E-state index in [0.29, 0.717) is 12.8 Å². The van der Waals surface area contributed by atoms with Crippen molar-refractivity contribution in [2.24, 2.45) is 0 Å². The van der Waals surface area contributed by atoms with Gasteiger partial charge in [0.1, 0.15) is 0 Å². The van der Waals surface area contributed by atoms with Crippen LogP contribution in [0.4, 0.5) is 0 Å². The fourth-order valence-electron chi connectivity index (χ4n) is 22.5. The number of aromatic nitrogens is 8. The standard InChI is InChI=1S/C132H150N8/c1-120(2,3)80-49-74(50-81(62-80)121(4,5)6)107-96-41-44-100(133-96)109(76-53-84(124(13,14)15)64-85(54-76)125(16,17)18)104-68-92-93-69-105-110(77-55-86(126(19,20)21)65-87(56-77)127(22,23)24)101-45-42-98(134-101)108(75-51-82(122(7,8)9)63-83(52-75)123(10,11)12)99-47-48-103(136-99)112(79-59-90(130(31,32)33)67-91(60-79)131(34,35)36)117-94-61-72-39-37-38-40-73(72)71-132(94)95-70-106(139-118(95)113(115(92)137-104)114(116(93)138-105)119(132)140-117)111(102-46-43-97(107)135-102)78-57-88(128(25,26)27)66-89(58-78)129(28,29)30/h37-60,62-70,94,135-138H,61,71H2,1-36H3. The third-order valence-electron chi connectivity index (χ3n) is 31.5. The lowest BCUT2D eigenvalue weighted by molar-refractivity contribution is 0.429. The number of nitrogens with one attached hydrogen (secondary N) is 4. The van der Waals surface area contributed by atoms with Crippen molar-refractivity contribution in [3.05, 3.63) is 293 Å². The summed E-state index contributed by atoms with van der Waals surface area (Å²) in [5, 5.41) is 4.22. The average molecular weight is 1850 g/mol. The minimum atomic E-state index is -0.876. The summed E-state index contributed by atoms with van der Waals surface area (Å²) in [7, 11) is 0. The summed E-state index contributed by atoms with van der Waals surface area (Å²) in [5.41, 5.74) is 43.6. The first-order valence-electron chi connectivity index (χ1n) is 51.7. The van der Waals surface area contributed by atoms with E-state index < -0.39 is 5.41 Å². The third-order valence-corrected chi connectivity index (χ3v) is 31.5. The Labute approximate surface area is 834 Å². The van der Waals surface area contributed by atoms with Crippen molar-refractivity contribution in [2.45, 2.75) is 338 Å². The van der Waals surface area contributed by atoms with Crippen LogP contribution in [0.2, 0.25) is 0 Å². The van der Waals surface area contributed by atoms with Gasteiger partial charge in [0.05, 0.1) is 62.0 Å². The van der Waals surface area contributed by atoms with E-state index in [1.807, 2.05) is 0 Å². The first kappa shape index (κ1) is 95.5. The quantitative estimate of drug-likeness (QED) is 0.133. The lowest BCUT2D eigenvalue weighted by atomic mass is 9.56. The van der Waals surface area contributed by atoms with Gasteiger partial charge in [-0.3, -0.25) is 4.98 Å². The molecule has 8 heteroatoms. The van der Waals surface area contributed by atoms with Gasteiger partial charge in [-0.25, -0.2) is 15.0 Å². The fourth-order valence-corrected chi connectivity index (χ4v) is 22.5. The molecule has 2 atom stereocenters. The maximum absolute atomic E-state index is 6.98. The first-order chi connectivity index (χ1) is 64.8. The largest absolute Gasteiger partial charge is 0.354 e. The van der Waals surface area contributed by atoms with E-state index in [4.69, 9.17) is 19.9 Å². The van der Waals surface area contributed by atoms with E-state index in [1.165, 1.54) is 83.5 Å². The van der Waals surface area contributed by atoms with Crippen molar-refractivity contribution in [1.29, 1.82) is 0 Å². The Hall–Kier alpha value is -12.0. The van der Waals surface area contributed by atoms with Crippen LogP contribution in [0.25, 0.3) is 168 Å². The molecule has 20 rings (SSSR count). The van der Waals surface area contributed by atoms with E-state index in [2.05, 4.69) is 469 Å². The van der Waals surface area contributed by atoms with Gasteiger partial charge < -0.3 is 19.9 Å². The van der Waals surface area contributed by atoms with Gasteiger partial charge in [-0.05, 0) is 261 Å².